The van der Waals surface area contributed by atoms with E-state index in [9.17, 15) is 4.79 Å². The zero-order chi connectivity index (χ0) is 17.5. The van der Waals surface area contributed by atoms with Gasteiger partial charge in [0.2, 0.25) is 0 Å². The number of rotatable bonds is 9. The van der Waals surface area contributed by atoms with Crippen LogP contribution in [0.25, 0.3) is 0 Å². The molecule has 24 heavy (non-hydrogen) atoms. The topological polar surface area (TPSA) is 35.5 Å². The average Bonchev–Trinajstić information content (AvgIpc) is 2.61. The van der Waals surface area contributed by atoms with Gasteiger partial charge in [0, 0.05) is 5.56 Å². The molecule has 0 unspecified atom stereocenters. The van der Waals surface area contributed by atoms with Crippen LogP contribution in [-0.2, 0) is 0 Å². The molecule has 0 aliphatic rings. The molecule has 1 aromatic carbocycles. The molecule has 0 spiro atoms. The molecule has 0 saturated carbocycles. The molecule has 0 N–H and O–H groups in total. The highest BCUT2D eigenvalue weighted by atomic mass is 16.5. The first-order valence-electron chi connectivity index (χ1n) is 7.10. The number of carbonyl (C=O) groups excluding carboxylic acids is 1. The second kappa shape index (κ2) is 12.1. The number of carbonyl (C=O) groups is 1. The molecule has 0 fully saturated rings. The van der Waals surface area contributed by atoms with Crippen LogP contribution in [0.4, 0.5) is 0 Å². The van der Waals surface area contributed by atoms with Crippen molar-refractivity contribution in [2.24, 2.45) is 0 Å². The van der Waals surface area contributed by atoms with Gasteiger partial charge in [-0.05, 0) is 36.4 Å². The Balaban J connectivity index is 2.85. The minimum atomic E-state index is 0.410. The maximum atomic E-state index is 10.9. The minimum Gasteiger partial charge on any atom is -0.461 e. The number of benzene rings is 1. The normalized spacial score (nSPS) is 10.2. The first-order valence-corrected chi connectivity index (χ1v) is 7.10. The van der Waals surface area contributed by atoms with Crippen molar-refractivity contribution >= 4 is 6.29 Å². The fourth-order valence-electron chi connectivity index (χ4n) is 1.46. The van der Waals surface area contributed by atoms with Crippen molar-refractivity contribution in [1.82, 2.24) is 0 Å². The van der Waals surface area contributed by atoms with Crippen LogP contribution in [0.15, 0.2) is 104 Å². The summed E-state index contributed by atoms with van der Waals surface area (Å²) in [5.74, 6) is 0.886. The third kappa shape index (κ3) is 7.48. The van der Waals surface area contributed by atoms with Crippen LogP contribution in [0.5, 0.6) is 11.5 Å². The lowest BCUT2D eigenvalue weighted by molar-refractivity contribution is 0.112. The molecule has 0 aliphatic carbocycles. The Kier molecular flexibility index (Phi) is 9.33. The standard InChI is InChI=1S/C21H18O3/c1-3-5-7-9-11-15-23-20-14-13-19(18-22)17-21(20)24-16-12-10-8-6-4-2/h4-11,13-18H,1-2H2/b8-6-,9-7+,15-11-. The molecule has 0 bridgehead atoms. The summed E-state index contributed by atoms with van der Waals surface area (Å²) in [7, 11) is 0. The lowest BCUT2D eigenvalue weighted by atomic mass is 10.2. The SMILES string of the molecule is C=C=C/C=C/C=C\Oc1ccc(C=O)cc1OC=C=C/C=C\C=C. The van der Waals surface area contributed by atoms with Gasteiger partial charge in [0.1, 0.15) is 12.5 Å². The first kappa shape index (κ1) is 18.5. The Morgan fingerprint density at radius 2 is 1.79 bits per heavy atom. The van der Waals surface area contributed by atoms with E-state index in [0.29, 0.717) is 17.1 Å². The van der Waals surface area contributed by atoms with Gasteiger partial charge < -0.3 is 9.47 Å². The molecule has 1 aromatic rings. The predicted molar refractivity (Wildman–Crippen MR) is 97.1 cm³/mol. The smallest absolute Gasteiger partial charge is 0.170 e. The second-order valence-electron chi connectivity index (χ2n) is 4.22. The Morgan fingerprint density at radius 1 is 0.958 bits per heavy atom. The van der Waals surface area contributed by atoms with Gasteiger partial charge in [-0.2, -0.15) is 0 Å². The number of hydrogen-bond acceptors (Lipinski definition) is 3. The average molecular weight is 318 g/mol. The highest BCUT2D eigenvalue weighted by Gasteiger charge is 2.04. The largest absolute Gasteiger partial charge is 0.461 e. The van der Waals surface area contributed by atoms with Crippen LogP contribution in [0.3, 0.4) is 0 Å². The summed E-state index contributed by atoms with van der Waals surface area (Å²) < 4.78 is 11.0. The van der Waals surface area contributed by atoms with Crippen molar-refractivity contribution in [1.29, 1.82) is 0 Å². The molecule has 0 radical (unpaired) electrons. The van der Waals surface area contributed by atoms with Crippen molar-refractivity contribution in [3.05, 3.63) is 110 Å². The van der Waals surface area contributed by atoms with Gasteiger partial charge in [0.05, 0.1) is 6.26 Å². The molecule has 3 nitrogen and oxygen atoms in total. The summed E-state index contributed by atoms with van der Waals surface area (Å²) in [5.41, 5.74) is 5.94. The Bertz CT molecular complexity index is 751. The molecule has 120 valence electrons. The van der Waals surface area contributed by atoms with E-state index in [-0.39, 0.29) is 0 Å². The van der Waals surface area contributed by atoms with E-state index in [1.165, 1.54) is 12.5 Å². The van der Waals surface area contributed by atoms with Crippen molar-refractivity contribution in [3.63, 3.8) is 0 Å². The quantitative estimate of drug-likeness (QED) is 0.276. The van der Waals surface area contributed by atoms with Gasteiger partial charge in [-0.1, -0.05) is 49.3 Å². The maximum Gasteiger partial charge on any atom is 0.170 e. The van der Waals surface area contributed by atoms with Crippen molar-refractivity contribution in [2.45, 2.75) is 0 Å². The van der Waals surface area contributed by atoms with Crippen LogP contribution >= 0.6 is 0 Å². The van der Waals surface area contributed by atoms with Gasteiger partial charge in [-0.25, -0.2) is 0 Å². The van der Waals surface area contributed by atoms with Crippen molar-refractivity contribution in [2.75, 3.05) is 0 Å². The van der Waals surface area contributed by atoms with E-state index in [4.69, 9.17) is 9.47 Å². The third-order valence-electron chi connectivity index (χ3n) is 2.51. The Labute approximate surface area is 142 Å². The van der Waals surface area contributed by atoms with Gasteiger partial charge >= 0.3 is 0 Å². The number of aldehydes is 1. The van der Waals surface area contributed by atoms with E-state index < -0.39 is 0 Å². The molecule has 0 aromatic heterocycles. The minimum absolute atomic E-state index is 0.410. The number of ether oxygens (including phenoxy) is 2. The molecular formula is C21H18O3. The van der Waals surface area contributed by atoms with Crippen LogP contribution in [-0.4, -0.2) is 6.29 Å². The summed E-state index contributed by atoms with van der Waals surface area (Å²) >= 11 is 0. The summed E-state index contributed by atoms with van der Waals surface area (Å²) in [6, 6.07) is 4.89. The molecule has 0 aliphatic heterocycles. The highest BCUT2D eigenvalue weighted by Crippen LogP contribution is 2.28. The number of allylic oxidation sites excluding steroid dienone is 8. The second-order valence-corrected chi connectivity index (χ2v) is 4.22. The predicted octanol–water partition coefficient (Wildman–Crippen LogP) is 5.08. The van der Waals surface area contributed by atoms with Gasteiger partial charge in [-0.15, -0.1) is 5.73 Å². The molecule has 0 saturated heterocycles. The molecular weight excluding hydrogens is 300 g/mol. The van der Waals surface area contributed by atoms with E-state index in [0.717, 1.165) is 6.29 Å². The molecule has 0 amide bonds. The van der Waals surface area contributed by atoms with Crippen LogP contribution in [0, 0.1) is 0 Å². The van der Waals surface area contributed by atoms with Crippen LogP contribution in [0.2, 0.25) is 0 Å². The van der Waals surface area contributed by atoms with Gasteiger partial charge in [0.25, 0.3) is 0 Å². The Hall–Kier alpha value is -3.51. The van der Waals surface area contributed by atoms with Gasteiger partial charge in [-0.3, -0.25) is 4.79 Å². The van der Waals surface area contributed by atoms with Crippen LogP contribution < -0.4 is 9.47 Å². The van der Waals surface area contributed by atoms with E-state index >= 15 is 0 Å². The summed E-state index contributed by atoms with van der Waals surface area (Å²) in [6.45, 7) is 7.02. The molecule has 3 heteroatoms. The Morgan fingerprint density at radius 3 is 2.54 bits per heavy atom. The molecule has 0 atom stereocenters. The highest BCUT2D eigenvalue weighted by molar-refractivity contribution is 5.76. The summed E-state index contributed by atoms with van der Waals surface area (Å²) in [5, 5.41) is 0. The first-order chi connectivity index (χ1) is 11.8. The van der Waals surface area contributed by atoms with Gasteiger partial charge in [0.15, 0.2) is 11.5 Å². The zero-order valence-corrected chi connectivity index (χ0v) is 13.2. The zero-order valence-electron chi connectivity index (χ0n) is 13.2. The third-order valence-corrected chi connectivity index (χ3v) is 2.51. The number of hydrogen-bond donors (Lipinski definition) is 0. The van der Waals surface area contributed by atoms with Crippen molar-refractivity contribution in [3.8, 4) is 11.5 Å². The summed E-state index contributed by atoms with van der Waals surface area (Å²) in [4.78, 5) is 10.9. The van der Waals surface area contributed by atoms with E-state index in [1.807, 2.05) is 0 Å². The van der Waals surface area contributed by atoms with Crippen molar-refractivity contribution < 1.29 is 14.3 Å². The fraction of sp³-hybridized carbons (Fsp3) is 0. The molecule has 1 rings (SSSR count). The monoisotopic (exact) mass is 318 g/mol. The lowest BCUT2D eigenvalue weighted by Crippen LogP contribution is -1.90. The van der Waals surface area contributed by atoms with E-state index in [2.05, 4.69) is 24.6 Å². The van der Waals surface area contributed by atoms with E-state index in [1.54, 1.807) is 66.8 Å². The lowest BCUT2D eigenvalue weighted by Gasteiger charge is -2.07. The maximum absolute atomic E-state index is 10.9. The summed E-state index contributed by atoms with van der Waals surface area (Å²) in [6.07, 6.45) is 17.4. The van der Waals surface area contributed by atoms with Crippen LogP contribution in [0.1, 0.15) is 10.4 Å². The molecule has 0 heterocycles. The fourth-order valence-corrected chi connectivity index (χ4v) is 1.46.